The molecule has 0 saturated carbocycles. The van der Waals surface area contributed by atoms with Crippen molar-refractivity contribution in [2.75, 3.05) is 13.2 Å². The van der Waals surface area contributed by atoms with Crippen LogP contribution in [0, 0.1) is 5.92 Å². The second-order valence-electron chi connectivity index (χ2n) is 5.95. The first-order chi connectivity index (χ1) is 11.5. The third-order valence-corrected chi connectivity index (χ3v) is 4.15. The fourth-order valence-electron chi connectivity index (χ4n) is 2.76. The van der Waals surface area contributed by atoms with Gasteiger partial charge in [0.25, 0.3) is 5.56 Å². The number of carbonyl (C=O) groups excluding carboxylic acids is 1. The molecular formula is C17H19N3O4. The van der Waals surface area contributed by atoms with Crippen LogP contribution in [-0.2, 0) is 24.7 Å². The van der Waals surface area contributed by atoms with E-state index < -0.39 is 11.2 Å². The average molecular weight is 329 g/mol. The number of aromatic nitrogens is 2. The van der Waals surface area contributed by atoms with Gasteiger partial charge in [-0.05, 0) is 18.1 Å². The third kappa shape index (κ3) is 3.40. The van der Waals surface area contributed by atoms with Crippen molar-refractivity contribution < 1.29 is 9.53 Å². The molecule has 2 N–H and O–H groups in total. The summed E-state index contributed by atoms with van der Waals surface area (Å²) in [7, 11) is 1.37. The van der Waals surface area contributed by atoms with Gasteiger partial charge in [0.2, 0.25) is 5.91 Å². The van der Waals surface area contributed by atoms with Gasteiger partial charge >= 0.3 is 5.69 Å². The monoisotopic (exact) mass is 329 g/mol. The summed E-state index contributed by atoms with van der Waals surface area (Å²) >= 11 is 0. The highest BCUT2D eigenvalue weighted by Crippen LogP contribution is 2.26. The quantitative estimate of drug-likeness (QED) is 0.825. The number of H-pyrrole nitrogens is 1. The Morgan fingerprint density at radius 1 is 1.38 bits per heavy atom. The van der Waals surface area contributed by atoms with Crippen LogP contribution in [0.1, 0.15) is 11.1 Å². The number of nitrogens with one attached hydrogen (secondary N) is 2. The Morgan fingerprint density at radius 2 is 2.17 bits per heavy atom. The molecule has 0 fully saturated rings. The van der Waals surface area contributed by atoms with E-state index in [-0.39, 0.29) is 23.8 Å². The summed E-state index contributed by atoms with van der Waals surface area (Å²) in [5, 5.41) is 2.83. The summed E-state index contributed by atoms with van der Waals surface area (Å²) in [5.74, 6) is 0.845. The minimum absolute atomic E-state index is 0.0619. The molecule has 0 radical (unpaired) electrons. The number of ether oxygens (including phenoxy) is 1. The highest BCUT2D eigenvalue weighted by Gasteiger charge is 2.20. The van der Waals surface area contributed by atoms with E-state index in [2.05, 4.69) is 10.3 Å². The molecule has 1 aliphatic rings. The number of para-hydroxylation sites is 1. The highest BCUT2D eigenvalue weighted by molar-refractivity contribution is 5.78. The molecule has 1 aliphatic heterocycles. The molecule has 2 heterocycles. The SMILES string of the molecule is Cn1c(=O)[nH]cc(CC(=O)NC[C@H]2COc3ccccc3C2)c1=O. The number of hydrogen-bond acceptors (Lipinski definition) is 4. The molecule has 24 heavy (non-hydrogen) atoms. The van der Waals surface area contributed by atoms with Gasteiger partial charge in [0.05, 0.1) is 13.0 Å². The number of nitrogens with zero attached hydrogens (tertiary/aromatic N) is 1. The molecule has 1 amide bonds. The van der Waals surface area contributed by atoms with Crippen LogP contribution in [0.4, 0.5) is 0 Å². The Hall–Kier alpha value is -2.83. The molecule has 7 nitrogen and oxygen atoms in total. The van der Waals surface area contributed by atoms with Crippen molar-refractivity contribution in [3.8, 4) is 5.75 Å². The lowest BCUT2D eigenvalue weighted by Crippen LogP contribution is -2.38. The predicted octanol–water partition coefficient (Wildman–Crippen LogP) is -0.0164. The lowest BCUT2D eigenvalue weighted by molar-refractivity contribution is -0.120. The number of carbonyl (C=O) groups is 1. The molecule has 7 heteroatoms. The molecule has 1 aromatic carbocycles. The fourth-order valence-corrected chi connectivity index (χ4v) is 2.76. The maximum atomic E-state index is 12.1. The summed E-state index contributed by atoms with van der Waals surface area (Å²) in [6.07, 6.45) is 2.08. The van der Waals surface area contributed by atoms with Gasteiger partial charge in [0.15, 0.2) is 0 Å². The number of aromatic amines is 1. The molecule has 0 spiro atoms. The van der Waals surface area contributed by atoms with E-state index in [0.29, 0.717) is 13.2 Å². The zero-order valence-corrected chi connectivity index (χ0v) is 13.4. The lowest BCUT2D eigenvalue weighted by atomic mass is 9.97. The Bertz CT molecular complexity index is 869. The Labute approximate surface area is 138 Å². The van der Waals surface area contributed by atoms with Crippen LogP contribution in [0.5, 0.6) is 5.75 Å². The first-order valence-electron chi connectivity index (χ1n) is 7.79. The number of rotatable bonds is 4. The predicted molar refractivity (Wildman–Crippen MR) is 88.1 cm³/mol. The number of hydrogen-bond donors (Lipinski definition) is 2. The van der Waals surface area contributed by atoms with Crippen molar-refractivity contribution in [2.24, 2.45) is 13.0 Å². The summed E-state index contributed by atoms with van der Waals surface area (Å²) in [6.45, 7) is 1.04. The molecular weight excluding hydrogens is 310 g/mol. The van der Waals surface area contributed by atoms with Crippen LogP contribution in [0.3, 0.4) is 0 Å². The normalized spacial score (nSPS) is 16.1. The maximum Gasteiger partial charge on any atom is 0.328 e. The third-order valence-electron chi connectivity index (χ3n) is 4.15. The smallest absolute Gasteiger partial charge is 0.328 e. The molecule has 0 bridgehead atoms. The van der Waals surface area contributed by atoms with Crippen LogP contribution in [0.25, 0.3) is 0 Å². The van der Waals surface area contributed by atoms with E-state index in [4.69, 9.17) is 4.74 Å². The van der Waals surface area contributed by atoms with Crippen LogP contribution in [0.15, 0.2) is 40.1 Å². The van der Waals surface area contributed by atoms with E-state index >= 15 is 0 Å². The van der Waals surface area contributed by atoms with Gasteiger partial charge in [-0.2, -0.15) is 0 Å². The second-order valence-corrected chi connectivity index (χ2v) is 5.95. The van der Waals surface area contributed by atoms with Gasteiger partial charge < -0.3 is 15.0 Å². The van der Waals surface area contributed by atoms with Crippen molar-refractivity contribution in [1.82, 2.24) is 14.9 Å². The first-order valence-corrected chi connectivity index (χ1v) is 7.79. The molecule has 1 atom stereocenters. The van der Waals surface area contributed by atoms with E-state index in [0.717, 1.165) is 22.3 Å². The van der Waals surface area contributed by atoms with Gasteiger partial charge in [0, 0.05) is 31.3 Å². The van der Waals surface area contributed by atoms with Crippen molar-refractivity contribution in [2.45, 2.75) is 12.8 Å². The standard InChI is InChI=1S/C17H19N3O4/c1-20-16(22)13(9-19-17(20)23)7-15(21)18-8-11-6-12-4-2-3-5-14(12)24-10-11/h2-5,9,11H,6-8,10H2,1H3,(H,18,21)(H,19,23)/t11-/m0/s1. The zero-order valence-electron chi connectivity index (χ0n) is 13.4. The molecule has 0 unspecified atom stereocenters. The maximum absolute atomic E-state index is 12.1. The highest BCUT2D eigenvalue weighted by atomic mass is 16.5. The van der Waals surface area contributed by atoms with Crippen LogP contribution >= 0.6 is 0 Å². The minimum Gasteiger partial charge on any atom is -0.493 e. The first kappa shape index (κ1) is 16.0. The van der Waals surface area contributed by atoms with Gasteiger partial charge in [-0.1, -0.05) is 18.2 Å². The van der Waals surface area contributed by atoms with Crippen molar-refractivity contribution in [3.05, 3.63) is 62.4 Å². The van der Waals surface area contributed by atoms with Gasteiger partial charge in [-0.3, -0.25) is 14.2 Å². The van der Waals surface area contributed by atoms with Gasteiger partial charge in [-0.15, -0.1) is 0 Å². The largest absolute Gasteiger partial charge is 0.493 e. The molecule has 0 saturated heterocycles. The summed E-state index contributed by atoms with van der Waals surface area (Å²) in [6, 6.07) is 7.87. The Kier molecular flexibility index (Phi) is 4.50. The van der Waals surface area contributed by atoms with Crippen LogP contribution in [0.2, 0.25) is 0 Å². The lowest BCUT2D eigenvalue weighted by Gasteiger charge is -2.25. The fraction of sp³-hybridized carbons (Fsp3) is 0.353. The summed E-state index contributed by atoms with van der Waals surface area (Å²) in [4.78, 5) is 37.7. The summed E-state index contributed by atoms with van der Waals surface area (Å²) in [5.41, 5.74) is 0.448. The zero-order chi connectivity index (χ0) is 17.1. The summed E-state index contributed by atoms with van der Waals surface area (Å²) < 4.78 is 6.64. The number of fused-ring (bicyclic) bond motifs is 1. The topological polar surface area (TPSA) is 93.2 Å². The van der Waals surface area contributed by atoms with Crippen molar-refractivity contribution >= 4 is 5.91 Å². The Balaban J connectivity index is 1.56. The molecule has 3 rings (SSSR count). The van der Waals surface area contributed by atoms with Crippen molar-refractivity contribution in [1.29, 1.82) is 0 Å². The Morgan fingerprint density at radius 3 is 3.00 bits per heavy atom. The molecule has 0 aliphatic carbocycles. The molecule has 1 aromatic heterocycles. The van der Waals surface area contributed by atoms with E-state index in [9.17, 15) is 14.4 Å². The number of benzene rings is 1. The molecule has 2 aromatic rings. The minimum atomic E-state index is -0.498. The van der Waals surface area contributed by atoms with Crippen LogP contribution < -0.4 is 21.3 Å². The molecule has 126 valence electrons. The number of amides is 1. The van der Waals surface area contributed by atoms with E-state index in [1.54, 1.807) is 0 Å². The van der Waals surface area contributed by atoms with E-state index in [1.165, 1.54) is 13.2 Å². The average Bonchev–Trinajstić information content (AvgIpc) is 2.60. The van der Waals surface area contributed by atoms with Gasteiger partial charge in [-0.25, -0.2) is 4.79 Å². The van der Waals surface area contributed by atoms with Crippen molar-refractivity contribution in [3.63, 3.8) is 0 Å². The van der Waals surface area contributed by atoms with Crippen LogP contribution in [-0.4, -0.2) is 28.6 Å². The van der Waals surface area contributed by atoms with Gasteiger partial charge in [0.1, 0.15) is 5.75 Å². The van der Waals surface area contributed by atoms with E-state index in [1.807, 2.05) is 24.3 Å². The second kappa shape index (κ2) is 6.74.